The second-order valence-electron chi connectivity index (χ2n) is 8.43. The molecule has 7 nitrogen and oxygen atoms in total. The predicted molar refractivity (Wildman–Crippen MR) is 118 cm³/mol. The molecule has 2 aromatic heterocycles. The standard InChI is InChI=1S/C23H28FN5O2/c1-30-20-10-18-19(11-21(20)31-2)26-23(28-9-8-16(24)14-28)27-22(18)15-12-25-29(13-15)17-6-4-3-5-7-17/h10-13,16-17H,3-9,14H2,1-2H3/t16-/m0/s1. The normalized spacial score (nSPS) is 19.8. The molecule has 8 heteroatoms. The molecular formula is C23H28FN5O2. The van der Waals surface area contributed by atoms with E-state index in [9.17, 15) is 4.39 Å². The van der Waals surface area contributed by atoms with Crippen molar-refractivity contribution in [1.29, 1.82) is 0 Å². The molecule has 0 spiro atoms. The van der Waals surface area contributed by atoms with Crippen LogP contribution in [0.25, 0.3) is 22.2 Å². The fraction of sp³-hybridized carbons (Fsp3) is 0.522. The first-order valence-corrected chi connectivity index (χ1v) is 11.0. The van der Waals surface area contributed by atoms with E-state index >= 15 is 0 Å². The van der Waals surface area contributed by atoms with E-state index in [1.165, 1.54) is 19.3 Å². The summed E-state index contributed by atoms with van der Waals surface area (Å²) in [4.78, 5) is 11.5. The molecule has 1 aromatic carbocycles. The van der Waals surface area contributed by atoms with Crippen LogP contribution < -0.4 is 14.4 Å². The van der Waals surface area contributed by atoms with Gasteiger partial charge in [-0.25, -0.2) is 14.4 Å². The number of methoxy groups -OCH3 is 2. The zero-order chi connectivity index (χ0) is 21.4. The van der Waals surface area contributed by atoms with Gasteiger partial charge in [0.2, 0.25) is 5.95 Å². The Morgan fingerprint density at radius 2 is 1.77 bits per heavy atom. The molecule has 31 heavy (non-hydrogen) atoms. The summed E-state index contributed by atoms with van der Waals surface area (Å²) in [6.07, 6.45) is 9.73. The van der Waals surface area contributed by atoms with Crippen LogP contribution in [-0.2, 0) is 0 Å². The van der Waals surface area contributed by atoms with Crippen LogP contribution in [0.2, 0.25) is 0 Å². The van der Waals surface area contributed by atoms with Crippen molar-refractivity contribution in [2.45, 2.75) is 50.7 Å². The molecule has 5 rings (SSSR count). The molecule has 1 atom stereocenters. The topological polar surface area (TPSA) is 65.3 Å². The molecule has 0 radical (unpaired) electrons. The van der Waals surface area contributed by atoms with E-state index in [1.54, 1.807) is 14.2 Å². The molecule has 3 heterocycles. The number of ether oxygens (including phenoxy) is 2. The fourth-order valence-corrected chi connectivity index (χ4v) is 4.71. The third-order valence-corrected chi connectivity index (χ3v) is 6.43. The van der Waals surface area contributed by atoms with E-state index in [0.717, 1.165) is 35.0 Å². The van der Waals surface area contributed by atoms with Crippen molar-refractivity contribution in [3.8, 4) is 22.8 Å². The Morgan fingerprint density at radius 3 is 2.48 bits per heavy atom. The van der Waals surface area contributed by atoms with Crippen LogP contribution in [-0.4, -0.2) is 53.2 Å². The zero-order valence-corrected chi connectivity index (χ0v) is 18.1. The van der Waals surface area contributed by atoms with Crippen molar-refractivity contribution in [3.63, 3.8) is 0 Å². The number of aromatic nitrogens is 4. The Hall–Kier alpha value is -2.90. The Labute approximate surface area is 181 Å². The van der Waals surface area contributed by atoms with Gasteiger partial charge in [-0.15, -0.1) is 0 Å². The van der Waals surface area contributed by atoms with E-state index in [1.807, 2.05) is 23.2 Å². The van der Waals surface area contributed by atoms with Gasteiger partial charge in [0, 0.05) is 29.8 Å². The van der Waals surface area contributed by atoms with Crippen molar-refractivity contribution in [3.05, 3.63) is 24.5 Å². The lowest BCUT2D eigenvalue weighted by atomic mass is 9.96. The van der Waals surface area contributed by atoms with Gasteiger partial charge in [-0.1, -0.05) is 19.3 Å². The van der Waals surface area contributed by atoms with Crippen molar-refractivity contribution < 1.29 is 13.9 Å². The van der Waals surface area contributed by atoms with Crippen LogP contribution >= 0.6 is 0 Å². The number of nitrogens with zero attached hydrogens (tertiary/aromatic N) is 5. The largest absolute Gasteiger partial charge is 0.493 e. The SMILES string of the molecule is COc1cc2nc(N3CC[C@H](F)C3)nc(-c3cnn(C4CCCCC4)c3)c2cc1OC. The average molecular weight is 426 g/mol. The number of hydrogen-bond acceptors (Lipinski definition) is 6. The Morgan fingerprint density at radius 1 is 1.00 bits per heavy atom. The van der Waals surface area contributed by atoms with E-state index < -0.39 is 6.17 Å². The van der Waals surface area contributed by atoms with Crippen molar-refractivity contribution in [1.82, 2.24) is 19.7 Å². The smallest absolute Gasteiger partial charge is 0.226 e. The van der Waals surface area contributed by atoms with Crippen molar-refractivity contribution >= 4 is 16.9 Å². The Kier molecular flexibility index (Phi) is 5.38. The number of alkyl halides is 1. The average Bonchev–Trinajstić information content (AvgIpc) is 3.47. The molecule has 1 aliphatic carbocycles. The molecule has 0 unspecified atom stereocenters. The molecule has 2 aliphatic rings. The van der Waals surface area contributed by atoms with Gasteiger partial charge in [-0.3, -0.25) is 4.68 Å². The molecule has 1 saturated heterocycles. The van der Waals surface area contributed by atoms with Crippen LogP contribution in [0.15, 0.2) is 24.5 Å². The molecular weight excluding hydrogens is 397 g/mol. The predicted octanol–water partition coefficient (Wildman–Crippen LogP) is 4.56. The van der Waals surface area contributed by atoms with Gasteiger partial charge in [0.05, 0.1) is 44.2 Å². The lowest BCUT2D eigenvalue weighted by Crippen LogP contribution is -2.22. The maximum absolute atomic E-state index is 13.9. The van der Waals surface area contributed by atoms with Gasteiger partial charge >= 0.3 is 0 Å². The first-order chi connectivity index (χ1) is 15.2. The lowest BCUT2D eigenvalue weighted by Gasteiger charge is -2.21. The maximum atomic E-state index is 13.9. The summed E-state index contributed by atoms with van der Waals surface area (Å²) in [5.74, 6) is 1.77. The summed E-state index contributed by atoms with van der Waals surface area (Å²) in [6.45, 7) is 0.931. The minimum absolute atomic E-state index is 0.319. The minimum atomic E-state index is -0.845. The third kappa shape index (κ3) is 3.79. The number of halogens is 1. The van der Waals surface area contributed by atoms with Gasteiger partial charge in [0.1, 0.15) is 6.17 Å². The quantitative estimate of drug-likeness (QED) is 0.597. The van der Waals surface area contributed by atoms with Gasteiger partial charge in [-0.05, 0) is 25.3 Å². The summed E-state index contributed by atoms with van der Waals surface area (Å²) in [6, 6.07) is 4.21. The highest BCUT2D eigenvalue weighted by Gasteiger charge is 2.26. The number of fused-ring (bicyclic) bond motifs is 1. The summed E-state index contributed by atoms with van der Waals surface area (Å²) >= 11 is 0. The molecule has 0 bridgehead atoms. The number of hydrogen-bond donors (Lipinski definition) is 0. The van der Waals surface area contributed by atoms with Gasteiger partial charge in [0.15, 0.2) is 11.5 Å². The second kappa shape index (κ2) is 8.32. The van der Waals surface area contributed by atoms with Gasteiger partial charge in [-0.2, -0.15) is 5.10 Å². The van der Waals surface area contributed by atoms with Crippen LogP contribution in [0.3, 0.4) is 0 Å². The van der Waals surface area contributed by atoms with E-state index in [-0.39, 0.29) is 0 Å². The Balaban J connectivity index is 1.63. The Bertz CT molecular complexity index is 1080. The van der Waals surface area contributed by atoms with E-state index in [0.29, 0.717) is 43.0 Å². The summed E-state index contributed by atoms with van der Waals surface area (Å²) in [7, 11) is 3.22. The summed E-state index contributed by atoms with van der Waals surface area (Å²) < 4.78 is 27.0. The van der Waals surface area contributed by atoms with E-state index in [4.69, 9.17) is 19.4 Å². The maximum Gasteiger partial charge on any atom is 0.226 e. The van der Waals surface area contributed by atoms with Crippen LogP contribution in [0.1, 0.15) is 44.6 Å². The van der Waals surface area contributed by atoms with Crippen molar-refractivity contribution in [2.24, 2.45) is 0 Å². The molecule has 2 fully saturated rings. The lowest BCUT2D eigenvalue weighted by molar-refractivity contribution is 0.329. The molecule has 3 aromatic rings. The molecule has 164 valence electrons. The van der Waals surface area contributed by atoms with Crippen LogP contribution in [0, 0.1) is 0 Å². The van der Waals surface area contributed by atoms with Crippen molar-refractivity contribution in [2.75, 3.05) is 32.2 Å². The van der Waals surface area contributed by atoms with Gasteiger partial charge < -0.3 is 14.4 Å². The van der Waals surface area contributed by atoms with Crippen LogP contribution in [0.5, 0.6) is 11.5 Å². The molecule has 0 amide bonds. The molecule has 1 aliphatic heterocycles. The number of anilines is 1. The highest BCUT2D eigenvalue weighted by molar-refractivity contribution is 5.95. The zero-order valence-electron chi connectivity index (χ0n) is 18.1. The van der Waals surface area contributed by atoms with Gasteiger partial charge in [0.25, 0.3) is 0 Å². The third-order valence-electron chi connectivity index (χ3n) is 6.43. The molecule has 1 saturated carbocycles. The highest BCUT2D eigenvalue weighted by Crippen LogP contribution is 2.37. The highest BCUT2D eigenvalue weighted by atomic mass is 19.1. The summed E-state index contributed by atoms with van der Waals surface area (Å²) in [5.41, 5.74) is 2.46. The summed E-state index contributed by atoms with van der Waals surface area (Å²) in [5, 5.41) is 5.53. The fourth-order valence-electron chi connectivity index (χ4n) is 4.71. The number of rotatable bonds is 5. The number of benzene rings is 1. The van der Waals surface area contributed by atoms with Crippen LogP contribution in [0.4, 0.5) is 10.3 Å². The minimum Gasteiger partial charge on any atom is -0.493 e. The van der Waals surface area contributed by atoms with E-state index in [2.05, 4.69) is 16.0 Å². The first-order valence-electron chi connectivity index (χ1n) is 11.0. The monoisotopic (exact) mass is 425 g/mol. The first kappa shape index (κ1) is 20.0. The second-order valence-corrected chi connectivity index (χ2v) is 8.43. The molecule has 0 N–H and O–H groups in total.